The van der Waals surface area contributed by atoms with E-state index in [2.05, 4.69) is 10.2 Å². The first-order valence-corrected chi connectivity index (χ1v) is 6.12. The fourth-order valence-corrected chi connectivity index (χ4v) is 2.42. The Kier molecular flexibility index (Phi) is 3.94. The Morgan fingerprint density at radius 1 is 1.35 bits per heavy atom. The van der Waals surface area contributed by atoms with Gasteiger partial charge in [-0.2, -0.15) is 5.10 Å². The lowest BCUT2D eigenvalue weighted by molar-refractivity contribution is -0.141. The molecule has 7 heteroatoms. The van der Waals surface area contributed by atoms with Crippen LogP contribution in [-0.4, -0.2) is 45.2 Å². The number of nitrogens with one attached hydrogen (secondary N) is 1. The van der Waals surface area contributed by atoms with Crippen LogP contribution in [0.3, 0.4) is 0 Å². The maximum atomic E-state index is 12.3. The van der Waals surface area contributed by atoms with Crippen molar-refractivity contribution < 1.29 is 14.7 Å². The monoisotopic (exact) mass is 295 g/mol. The predicted octanol–water partition coefficient (Wildman–Crippen LogP) is 1.53. The van der Waals surface area contributed by atoms with E-state index >= 15 is 0 Å². The van der Waals surface area contributed by atoms with Crippen molar-refractivity contribution in [1.82, 2.24) is 15.1 Å². The highest BCUT2D eigenvalue weighted by atomic mass is 35.5. The molecule has 1 aliphatic rings. The zero-order chi connectivity index (χ0) is 13.4. The molecular formula is C13H14ClN3O3. The lowest BCUT2D eigenvalue weighted by Crippen LogP contribution is -2.30. The van der Waals surface area contributed by atoms with Gasteiger partial charge in [-0.1, -0.05) is 18.2 Å². The molecule has 0 saturated carbocycles. The number of amides is 1. The molecule has 1 aromatic carbocycles. The predicted molar refractivity (Wildman–Crippen MR) is 75.0 cm³/mol. The summed E-state index contributed by atoms with van der Waals surface area (Å²) in [5, 5.41) is 16.6. The number of fused-ring (bicyclic) bond motifs is 1. The Bertz CT molecular complexity index is 655. The Morgan fingerprint density at radius 2 is 2.10 bits per heavy atom. The van der Waals surface area contributed by atoms with E-state index in [0.717, 1.165) is 10.9 Å². The van der Waals surface area contributed by atoms with Gasteiger partial charge in [-0.3, -0.25) is 14.7 Å². The van der Waals surface area contributed by atoms with Gasteiger partial charge in [-0.25, -0.2) is 0 Å². The second-order valence-electron chi connectivity index (χ2n) is 4.69. The van der Waals surface area contributed by atoms with Gasteiger partial charge < -0.3 is 10.0 Å². The Hall–Kier alpha value is -2.08. The minimum atomic E-state index is -0.845. The van der Waals surface area contributed by atoms with E-state index in [4.69, 9.17) is 5.11 Å². The van der Waals surface area contributed by atoms with Gasteiger partial charge in [0.25, 0.3) is 5.91 Å². The fourth-order valence-electron chi connectivity index (χ4n) is 2.42. The highest BCUT2D eigenvalue weighted by Gasteiger charge is 2.32. The number of rotatable bonds is 2. The molecule has 2 heterocycles. The summed E-state index contributed by atoms with van der Waals surface area (Å²) >= 11 is 0. The van der Waals surface area contributed by atoms with Gasteiger partial charge >= 0.3 is 5.97 Å². The number of carboxylic acids is 1. The third-order valence-corrected chi connectivity index (χ3v) is 3.50. The van der Waals surface area contributed by atoms with E-state index in [1.165, 1.54) is 0 Å². The Morgan fingerprint density at radius 3 is 2.80 bits per heavy atom. The maximum absolute atomic E-state index is 12.3. The molecule has 2 aromatic rings. The van der Waals surface area contributed by atoms with Gasteiger partial charge in [0.1, 0.15) is 0 Å². The molecule has 3 rings (SSSR count). The third kappa shape index (κ3) is 2.34. The molecule has 0 aliphatic carbocycles. The molecule has 20 heavy (non-hydrogen) atoms. The van der Waals surface area contributed by atoms with Crippen LogP contribution in [0.25, 0.3) is 10.9 Å². The number of aromatic amines is 1. The van der Waals surface area contributed by atoms with Crippen molar-refractivity contribution in [2.75, 3.05) is 13.1 Å². The van der Waals surface area contributed by atoms with Crippen LogP contribution in [-0.2, 0) is 4.79 Å². The first-order chi connectivity index (χ1) is 9.16. The summed E-state index contributed by atoms with van der Waals surface area (Å²) in [6, 6.07) is 7.39. The summed E-state index contributed by atoms with van der Waals surface area (Å²) in [6.45, 7) is 0.729. The number of likely N-dealkylation sites (tertiary alicyclic amines) is 1. The number of benzene rings is 1. The van der Waals surface area contributed by atoms with E-state index < -0.39 is 11.9 Å². The van der Waals surface area contributed by atoms with Gasteiger partial charge in [-0.05, 0) is 12.5 Å². The number of halogens is 1. The lowest BCUT2D eigenvalue weighted by Gasteiger charge is -2.14. The van der Waals surface area contributed by atoms with Gasteiger partial charge in [0.05, 0.1) is 11.4 Å². The molecule has 1 aromatic heterocycles. The van der Waals surface area contributed by atoms with E-state index in [1.54, 1.807) is 4.90 Å². The Labute approximate surface area is 121 Å². The second-order valence-corrected chi connectivity index (χ2v) is 4.69. The van der Waals surface area contributed by atoms with E-state index in [0.29, 0.717) is 18.7 Å². The van der Waals surface area contributed by atoms with Crippen molar-refractivity contribution in [3.8, 4) is 0 Å². The molecule has 1 atom stereocenters. The van der Waals surface area contributed by atoms with Crippen LogP contribution in [0.2, 0.25) is 0 Å². The van der Waals surface area contributed by atoms with Crippen LogP contribution in [0.1, 0.15) is 16.9 Å². The number of hydrogen-bond donors (Lipinski definition) is 2. The summed E-state index contributed by atoms with van der Waals surface area (Å²) < 4.78 is 0. The van der Waals surface area contributed by atoms with Crippen molar-refractivity contribution in [3.63, 3.8) is 0 Å². The van der Waals surface area contributed by atoms with Crippen LogP contribution in [0.15, 0.2) is 24.3 Å². The van der Waals surface area contributed by atoms with E-state index in [1.807, 2.05) is 24.3 Å². The molecule has 2 N–H and O–H groups in total. The highest BCUT2D eigenvalue weighted by Crippen LogP contribution is 2.22. The number of carboxylic acid groups (broad SMARTS) is 1. The SMILES string of the molecule is Cl.O=C(O)C1CCN(C(=O)c2n[nH]c3ccccc23)C1. The summed E-state index contributed by atoms with van der Waals surface area (Å²) in [5.41, 5.74) is 1.17. The fraction of sp³-hybridized carbons (Fsp3) is 0.308. The molecule has 1 saturated heterocycles. The zero-order valence-electron chi connectivity index (χ0n) is 10.6. The van der Waals surface area contributed by atoms with Crippen molar-refractivity contribution in [2.24, 2.45) is 5.92 Å². The third-order valence-electron chi connectivity index (χ3n) is 3.50. The standard InChI is InChI=1S/C13H13N3O3.ClH/c17-12(16-6-5-8(7-16)13(18)19)11-9-3-1-2-4-10(9)14-15-11;/h1-4,8H,5-7H2,(H,14,15)(H,18,19);1H. The van der Waals surface area contributed by atoms with E-state index in [9.17, 15) is 9.59 Å². The lowest BCUT2D eigenvalue weighted by atomic mass is 10.1. The highest BCUT2D eigenvalue weighted by molar-refractivity contribution is 6.04. The molecule has 1 unspecified atom stereocenters. The van der Waals surface area contributed by atoms with Crippen molar-refractivity contribution in [3.05, 3.63) is 30.0 Å². The zero-order valence-corrected chi connectivity index (χ0v) is 11.4. The van der Waals surface area contributed by atoms with Crippen molar-refractivity contribution in [2.45, 2.75) is 6.42 Å². The molecule has 106 valence electrons. The average molecular weight is 296 g/mol. The number of aliphatic carboxylic acids is 1. The number of H-pyrrole nitrogens is 1. The number of carbonyl (C=O) groups is 2. The van der Waals surface area contributed by atoms with Crippen molar-refractivity contribution >= 4 is 35.2 Å². The number of para-hydroxylation sites is 1. The Balaban J connectivity index is 0.00000147. The molecular weight excluding hydrogens is 282 g/mol. The van der Waals surface area contributed by atoms with E-state index in [-0.39, 0.29) is 24.9 Å². The summed E-state index contributed by atoms with van der Waals surface area (Å²) in [5.74, 6) is -1.52. The van der Waals surface area contributed by atoms with Gasteiger partial charge in [0.15, 0.2) is 5.69 Å². The molecule has 0 spiro atoms. The summed E-state index contributed by atoms with van der Waals surface area (Å²) in [4.78, 5) is 24.8. The molecule has 0 radical (unpaired) electrons. The number of hydrogen-bond acceptors (Lipinski definition) is 3. The molecule has 0 bridgehead atoms. The minimum absolute atomic E-state index is 0. The van der Waals surface area contributed by atoms with Crippen LogP contribution < -0.4 is 0 Å². The topological polar surface area (TPSA) is 86.3 Å². The normalized spacial score (nSPS) is 18.0. The quantitative estimate of drug-likeness (QED) is 0.880. The van der Waals surface area contributed by atoms with Crippen LogP contribution in [0, 0.1) is 5.92 Å². The average Bonchev–Trinajstić information content (AvgIpc) is 3.05. The van der Waals surface area contributed by atoms with Gasteiger partial charge in [0.2, 0.25) is 0 Å². The number of aromatic nitrogens is 2. The number of nitrogens with zero attached hydrogens (tertiary/aromatic N) is 2. The minimum Gasteiger partial charge on any atom is -0.481 e. The largest absolute Gasteiger partial charge is 0.481 e. The van der Waals surface area contributed by atoms with Crippen LogP contribution in [0.5, 0.6) is 0 Å². The molecule has 1 fully saturated rings. The summed E-state index contributed by atoms with van der Waals surface area (Å²) in [7, 11) is 0. The van der Waals surface area contributed by atoms with Gasteiger partial charge in [0, 0.05) is 18.5 Å². The smallest absolute Gasteiger partial charge is 0.308 e. The van der Waals surface area contributed by atoms with Crippen molar-refractivity contribution in [1.29, 1.82) is 0 Å². The molecule has 6 nitrogen and oxygen atoms in total. The van der Waals surface area contributed by atoms with Crippen LogP contribution >= 0.6 is 12.4 Å². The summed E-state index contributed by atoms with van der Waals surface area (Å²) in [6.07, 6.45) is 0.503. The number of carbonyl (C=O) groups excluding carboxylic acids is 1. The first kappa shape index (κ1) is 14.3. The second kappa shape index (κ2) is 5.50. The van der Waals surface area contributed by atoms with Gasteiger partial charge in [-0.15, -0.1) is 12.4 Å². The molecule has 1 aliphatic heterocycles. The first-order valence-electron chi connectivity index (χ1n) is 6.12. The maximum Gasteiger partial charge on any atom is 0.308 e. The molecule has 1 amide bonds. The van der Waals surface area contributed by atoms with Crippen LogP contribution in [0.4, 0.5) is 0 Å².